The van der Waals surface area contributed by atoms with E-state index in [9.17, 15) is 9.59 Å². The minimum Gasteiger partial charge on any atom is -0.358 e. The molecule has 1 aromatic carbocycles. The summed E-state index contributed by atoms with van der Waals surface area (Å²) in [4.78, 5) is 24.2. The van der Waals surface area contributed by atoms with Crippen LogP contribution >= 0.6 is 23.1 Å². The smallest absolute Gasteiger partial charge is 0.243 e. The number of aryl methyl sites for hydroxylation is 3. The molecule has 2 rings (SSSR count). The van der Waals surface area contributed by atoms with E-state index >= 15 is 0 Å². The molecule has 3 N–H and O–H groups in total. The number of thioether (sulfide) groups is 1. The molecule has 28 heavy (non-hydrogen) atoms. The molecule has 152 valence electrons. The number of amides is 2. The lowest BCUT2D eigenvalue weighted by atomic mass is 10.1. The zero-order chi connectivity index (χ0) is 20.7. The van der Waals surface area contributed by atoms with E-state index < -0.39 is 0 Å². The number of rotatable bonds is 9. The number of anilines is 2. The van der Waals surface area contributed by atoms with Gasteiger partial charge >= 0.3 is 0 Å². The van der Waals surface area contributed by atoms with Crippen LogP contribution in [0.25, 0.3) is 0 Å². The molecule has 2 amide bonds. The minimum absolute atomic E-state index is 0.0664. The Morgan fingerprint density at radius 1 is 1.14 bits per heavy atom. The van der Waals surface area contributed by atoms with Gasteiger partial charge in [-0.2, -0.15) is 0 Å². The summed E-state index contributed by atoms with van der Waals surface area (Å²) in [5.41, 5.74) is 3.96. The molecule has 0 aliphatic rings. The summed E-state index contributed by atoms with van der Waals surface area (Å²) in [6.07, 6.45) is 0.994. The number of hydrogen-bond donors (Lipinski definition) is 3. The highest BCUT2D eigenvalue weighted by molar-refractivity contribution is 8.01. The molecule has 0 fully saturated rings. The third-order valence-corrected chi connectivity index (χ3v) is 6.09. The summed E-state index contributed by atoms with van der Waals surface area (Å²) in [7, 11) is 0. The van der Waals surface area contributed by atoms with Gasteiger partial charge in [0, 0.05) is 11.7 Å². The molecule has 0 radical (unpaired) electrons. The van der Waals surface area contributed by atoms with Gasteiger partial charge in [-0.3, -0.25) is 9.59 Å². The monoisotopic (exact) mass is 421 g/mol. The maximum Gasteiger partial charge on any atom is 0.243 e. The quantitative estimate of drug-likeness (QED) is 0.536. The third-order valence-electron chi connectivity index (χ3n) is 4.10. The lowest BCUT2D eigenvalue weighted by Crippen LogP contribution is -2.34. The van der Waals surface area contributed by atoms with E-state index in [4.69, 9.17) is 0 Å². The Balaban J connectivity index is 1.76. The summed E-state index contributed by atoms with van der Waals surface area (Å²) in [6.45, 7) is 10.0. The fourth-order valence-electron chi connectivity index (χ4n) is 2.56. The van der Waals surface area contributed by atoms with Gasteiger partial charge in [-0.05, 0) is 45.2 Å². The summed E-state index contributed by atoms with van der Waals surface area (Å²) < 4.78 is 0.719. The SMILES string of the molecule is CCC(C)Nc1nnc(SCC(=O)NCC(=O)Nc2c(C)cc(C)cc2C)s1. The summed E-state index contributed by atoms with van der Waals surface area (Å²) in [6, 6.07) is 4.36. The molecule has 1 aromatic heterocycles. The molecule has 1 heterocycles. The van der Waals surface area contributed by atoms with Crippen LogP contribution in [-0.4, -0.2) is 40.4 Å². The number of carbonyl (C=O) groups excluding carboxylic acids is 2. The molecule has 0 aliphatic heterocycles. The molecule has 0 spiro atoms. The lowest BCUT2D eigenvalue weighted by molar-refractivity contribution is -0.122. The van der Waals surface area contributed by atoms with Crippen molar-refractivity contribution in [3.05, 3.63) is 28.8 Å². The Bertz CT molecular complexity index is 814. The van der Waals surface area contributed by atoms with Gasteiger partial charge in [0.05, 0.1) is 12.3 Å². The van der Waals surface area contributed by atoms with Crippen molar-refractivity contribution in [2.24, 2.45) is 0 Å². The van der Waals surface area contributed by atoms with Gasteiger partial charge in [-0.1, -0.05) is 47.7 Å². The first kappa shape index (κ1) is 22.2. The average Bonchev–Trinajstić information content (AvgIpc) is 3.08. The number of nitrogens with zero attached hydrogens (tertiary/aromatic N) is 2. The van der Waals surface area contributed by atoms with Crippen LogP contribution in [0.2, 0.25) is 0 Å². The van der Waals surface area contributed by atoms with Gasteiger partial charge in [0.25, 0.3) is 0 Å². The van der Waals surface area contributed by atoms with Crippen molar-refractivity contribution in [2.45, 2.75) is 51.4 Å². The van der Waals surface area contributed by atoms with Crippen LogP contribution in [0, 0.1) is 20.8 Å². The molecule has 7 nitrogen and oxygen atoms in total. The molecule has 1 atom stereocenters. The second-order valence-electron chi connectivity index (χ2n) is 6.71. The maximum absolute atomic E-state index is 12.2. The first-order chi connectivity index (χ1) is 13.3. The number of aromatic nitrogens is 2. The van der Waals surface area contributed by atoms with Crippen molar-refractivity contribution < 1.29 is 9.59 Å². The van der Waals surface area contributed by atoms with Crippen LogP contribution in [0.3, 0.4) is 0 Å². The highest BCUT2D eigenvalue weighted by Crippen LogP contribution is 2.26. The molecule has 9 heteroatoms. The van der Waals surface area contributed by atoms with Crippen LogP contribution in [0.15, 0.2) is 16.5 Å². The number of hydrogen-bond acceptors (Lipinski definition) is 7. The van der Waals surface area contributed by atoms with Gasteiger partial charge in [0.15, 0.2) is 4.34 Å². The highest BCUT2D eigenvalue weighted by atomic mass is 32.2. The number of nitrogens with one attached hydrogen (secondary N) is 3. The molecule has 0 saturated heterocycles. The van der Waals surface area contributed by atoms with Crippen molar-refractivity contribution in [2.75, 3.05) is 22.9 Å². The van der Waals surface area contributed by atoms with Gasteiger partial charge < -0.3 is 16.0 Å². The van der Waals surface area contributed by atoms with Crippen LogP contribution in [0.4, 0.5) is 10.8 Å². The second kappa shape index (κ2) is 10.4. The average molecular weight is 422 g/mol. The van der Waals surface area contributed by atoms with Gasteiger partial charge in [0.1, 0.15) is 0 Å². The van der Waals surface area contributed by atoms with E-state index in [1.807, 2.05) is 32.9 Å². The van der Waals surface area contributed by atoms with Crippen molar-refractivity contribution in [1.82, 2.24) is 15.5 Å². The number of benzene rings is 1. The first-order valence-corrected chi connectivity index (χ1v) is 11.0. The largest absolute Gasteiger partial charge is 0.358 e. The van der Waals surface area contributed by atoms with Crippen molar-refractivity contribution >= 4 is 45.7 Å². The standard InChI is InChI=1S/C19H27N5O2S2/c1-6-14(5)21-18-23-24-19(28-18)27-10-16(26)20-9-15(25)22-17-12(3)7-11(2)8-13(17)4/h7-8,14H,6,9-10H2,1-5H3,(H,20,26)(H,21,23)(H,22,25). The zero-order valence-corrected chi connectivity index (χ0v) is 18.5. The van der Waals surface area contributed by atoms with E-state index in [1.165, 1.54) is 23.1 Å². The van der Waals surface area contributed by atoms with E-state index in [-0.39, 0.29) is 24.1 Å². The Morgan fingerprint density at radius 2 is 1.82 bits per heavy atom. The fourth-order valence-corrected chi connectivity index (χ4v) is 4.25. The van der Waals surface area contributed by atoms with Crippen molar-refractivity contribution in [3.63, 3.8) is 0 Å². The predicted molar refractivity (Wildman–Crippen MR) is 116 cm³/mol. The van der Waals surface area contributed by atoms with Gasteiger partial charge in [-0.15, -0.1) is 10.2 Å². The summed E-state index contributed by atoms with van der Waals surface area (Å²) >= 11 is 2.73. The summed E-state index contributed by atoms with van der Waals surface area (Å²) in [5, 5.41) is 17.6. The third kappa shape index (κ3) is 6.79. The highest BCUT2D eigenvalue weighted by Gasteiger charge is 2.12. The molecule has 2 aromatic rings. The van der Waals surface area contributed by atoms with Crippen LogP contribution < -0.4 is 16.0 Å². The molecule has 0 bridgehead atoms. The maximum atomic E-state index is 12.2. The molecule has 0 aliphatic carbocycles. The molecular weight excluding hydrogens is 394 g/mol. The fraction of sp³-hybridized carbons (Fsp3) is 0.474. The van der Waals surface area contributed by atoms with Gasteiger partial charge in [-0.25, -0.2) is 0 Å². The van der Waals surface area contributed by atoms with E-state index in [0.717, 1.165) is 38.3 Å². The first-order valence-electron chi connectivity index (χ1n) is 9.15. The van der Waals surface area contributed by atoms with Crippen molar-refractivity contribution in [1.29, 1.82) is 0 Å². The Labute approximate surface area is 174 Å². The van der Waals surface area contributed by atoms with Crippen LogP contribution in [-0.2, 0) is 9.59 Å². The Morgan fingerprint density at radius 3 is 2.46 bits per heavy atom. The van der Waals surface area contributed by atoms with E-state index in [0.29, 0.717) is 6.04 Å². The second-order valence-corrected chi connectivity index (χ2v) is 8.91. The topological polar surface area (TPSA) is 96.0 Å². The van der Waals surface area contributed by atoms with E-state index in [1.54, 1.807) is 0 Å². The zero-order valence-electron chi connectivity index (χ0n) is 16.9. The van der Waals surface area contributed by atoms with Crippen LogP contribution in [0.5, 0.6) is 0 Å². The summed E-state index contributed by atoms with van der Waals surface area (Å²) in [5.74, 6) is -0.276. The van der Waals surface area contributed by atoms with E-state index in [2.05, 4.69) is 40.0 Å². The van der Waals surface area contributed by atoms with Gasteiger partial charge in [0.2, 0.25) is 16.9 Å². The Kier molecular flexibility index (Phi) is 8.25. The number of carbonyl (C=O) groups is 2. The van der Waals surface area contributed by atoms with Crippen LogP contribution in [0.1, 0.15) is 37.0 Å². The Hall–Kier alpha value is -2.13. The molecule has 0 saturated carbocycles. The van der Waals surface area contributed by atoms with Crippen molar-refractivity contribution in [3.8, 4) is 0 Å². The molecular formula is C19H27N5O2S2. The molecule has 1 unspecified atom stereocenters. The normalized spacial score (nSPS) is 11.8. The minimum atomic E-state index is -0.246. The lowest BCUT2D eigenvalue weighted by Gasteiger charge is -2.13. The predicted octanol–water partition coefficient (Wildman–Crippen LogP) is 3.52.